The molecular formula is C24H22Cl2N2OS. The topological polar surface area (TPSA) is 49.3 Å². The summed E-state index contributed by atoms with van der Waals surface area (Å²) in [5.74, 6) is 1.86. The number of nitrogens with zero attached hydrogens (tertiary/aromatic N) is 2. The monoisotopic (exact) mass is 456 g/mol. The van der Waals surface area contributed by atoms with Gasteiger partial charge in [-0.3, -0.25) is 0 Å². The third-order valence-electron chi connectivity index (χ3n) is 5.71. The van der Waals surface area contributed by atoms with Crippen molar-refractivity contribution >= 4 is 45.8 Å². The van der Waals surface area contributed by atoms with Gasteiger partial charge in [0.05, 0.1) is 16.8 Å². The summed E-state index contributed by atoms with van der Waals surface area (Å²) in [4.78, 5) is 5.91. The van der Waals surface area contributed by atoms with Gasteiger partial charge in [-0.25, -0.2) is 4.99 Å². The number of nitriles is 1. The predicted octanol–water partition coefficient (Wildman–Crippen LogP) is 8.09. The van der Waals surface area contributed by atoms with Crippen LogP contribution in [0.5, 0.6) is 0 Å². The van der Waals surface area contributed by atoms with Crippen molar-refractivity contribution in [2.45, 2.75) is 40.0 Å². The standard InChI is InChI=1S/C24H22Cl2N2OS/c1-24(2,3)14-4-7-17-19(12-27)23(30-22(17)10-14)28-13-16-6-9-21(29-16)18-11-15(25)5-8-20(18)26/h5-6,8-9,11,13-14H,4,7,10H2,1-3H3/t14-/m1/s1. The predicted molar refractivity (Wildman–Crippen MR) is 125 cm³/mol. The molecule has 2 aromatic heterocycles. The van der Waals surface area contributed by atoms with E-state index in [4.69, 9.17) is 27.6 Å². The van der Waals surface area contributed by atoms with Crippen LogP contribution in [0.15, 0.2) is 39.7 Å². The molecule has 4 rings (SSSR count). The summed E-state index contributed by atoms with van der Waals surface area (Å²) in [6, 6.07) is 11.3. The van der Waals surface area contributed by atoms with Gasteiger partial charge in [-0.15, -0.1) is 11.3 Å². The molecule has 0 aliphatic heterocycles. The Hall–Kier alpha value is -2.06. The first-order valence-electron chi connectivity index (χ1n) is 9.90. The molecule has 154 valence electrons. The van der Waals surface area contributed by atoms with E-state index in [0.717, 1.165) is 29.8 Å². The number of fused-ring (bicyclic) bond motifs is 1. The van der Waals surface area contributed by atoms with Gasteiger partial charge in [-0.2, -0.15) is 5.26 Å². The molecule has 1 aliphatic rings. The normalized spacial score (nSPS) is 16.6. The maximum Gasteiger partial charge on any atom is 0.145 e. The van der Waals surface area contributed by atoms with Gasteiger partial charge in [0.2, 0.25) is 0 Å². The lowest BCUT2D eigenvalue weighted by Crippen LogP contribution is -2.26. The molecular weight excluding hydrogens is 435 g/mol. The highest BCUT2D eigenvalue weighted by molar-refractivity contribution is 7.16. The second-order valence-electron chi connectivity index (χ2n) is 8.69. The molecule has 0 fully saturated rings. The van der Waals surface area contributed by atoms with Crippen LogP contribution < -0.4 is 0 Å². The maximum absolute atomic E-state index is 9.73. The van der Waals surface area contributed by atoms with E-state index in [-0.39, 0.29) is 5.41 Å². The van der Waals surface area contributed by atoms with E-state index in [1.807, 2.05) is 12.1 Å². The first-order chi connectivity index (χ1) is 14.3. The quantitative estimate of drug-likeness (QED) is 0.373. The van der Waals surface area contributed by atoms with Crippen LogP contribution in [0.3, 0.4) is 0 Å². The second kappa shape index (κ2) is 8.23. The van der Waals surface area contributed by atoms with E-state index in [1.165, 1.54) is 10.4 Å². The van der Waals surface area contributed by atoms with Gasteiger partial charge in [0.25, 0.3) is 0 Å². The molecule has 6 heteroatoms. The Morgan fingerprint density at radius 3 is 2.77 bits per heavy atom. The van der Waals surface area contributed by atoms with Crippen molar-refractivity contribution in [3.05, 3.63) is 62.1 Å². The van der Waals surface area contributed by atoms with Gasteiger partial charge >= 0.3 is 0 Å². The van der Waals surface area contributed by atoms with E-state index in [0.29, 0.717) is 33.0 Å². The van der Waals surface area contributed by atoms with Crippen molar-refractivity contribution in [1.82, 2.24) is 0 Å². The summed E-state index contributed by atoms with van der Waals surface area (Å²) in [5.41, 5.74) is 2.90. The lowest BCUT2D eigenvalue weighted by atomic mass is 9.72. The number of aliphatic imine (C=N–C) groups is 1. The van der Waals surface area contributed by atoms with E-state index < -0.39 is 0 Å². The Labute approximate surface area is 191 Å². The number of thiophene rings is 1. The van der Waals surface area contributed by atoms with E-state index >= 15 is 0 Å². The van der Waals surface area contributed by atoms with Crippen LogP contribution in [0.4, 0.5) is 5.00 Å². The molecule has 0 N–H and O–H groups in total. The van der Waals surface area contributed by atoms with Crippen molar-refractivity contribution in [3.63, 3.8) is 0 Å². The Morgan fingerprint density at radius 2 is 2.03 bits per heavy atom. The van der Waals surface area contributed by atoms with E-state index in [1.54, 1.807) is 35.8 Å². The summed E-state index contributed by atoms with van der Waals surface area (Å²) in [7, 11) is 0. The third-order valence-corrected chi connectivity index (χ3v) is 7.44. The third kappa shape index (κ3) is 4.21. The number of halogens is 2. The Balaban J connectivity index is 1.60. The fraction of sp³-hybridized carbons (Fsp3) is 0.333. The molecule has 0 unspecified atom stereocenters. The van der Waals surface area contributed by atoms with Crippen LogP contribution in [0.1, 0.15) is 49.0 Å². The molecule has 1 atom stereocenters. The Kier molecular flexibility index (Phi) is 5.81. The molecule has 3 aromatic rings. The second-order valence-corrected chi connectivity index (χ2v) is 10.6. The van der Waals surface area contributed by atoms with Crippen LogP contribution in [-0.4, -0.2) is 6.21 Å². The van der Waals surface area contributed by atoms with Crippen molar-refractivity contribution < 1.29 is 4.42 Å². The number of rotatable bonds is 3. The average Bonchev–Trinajstić information content (AvgIpc) is 3.30. The fourth-order valence-electron chi connectivity index (χ4n) is 3.89. The molecule has 3 nitrogen and oxygen atoms in total. The molecule has 0 saturated carbocycles. The van der Waals surface area contributed by atoms with E-state index in [2.05, 4.69) is 31.8 Å². The van der Waals surface area contributed by atoms with Gasteiger partial charge in [-0.05, 0) is 66.5 Å². The lowest BCUT2D eigenvalue weighted by Gasteiger charge is -2.33. The van der Waals surface area contributed by atoms with Crippen molar-refractivity contribution in [3.8, 4) is 17.4 Å². The zero-order valence-electron chi connectivity index (χ0n) is 17.1. The SMILES string of the molecule is CC(C)(C)[C@@H]1CCc2c(sc(N=Cc3ccc(-c4cc(Cl)ccc4Cl)o3)c2C#N)C1. The molecule has 1 aliphatic carbocycles. The maximum atomic E-state index is 9.73. The molecule has 0 bridgehead atoms. The van der Waals surface area contributed by atoms with Gasteiger partial charge in [0, 0.05) is 15.5 Å². The number of furan rings is 1. The largest absolute Gasteiger partial charge is 0.455 e. The summed E-state index contributed by atoms with van der Waals surface area (Å²) in [6.07, 6.45) is 4.75. The zero-order chi connectivity index (χ0) is 21.5. The summed E-state index contributed by atoms with van der Waals surface area (Å²) >= 11 is 14.0. The Bertz CT molecular complexity index is 1160. The van der Waals surface area contributed by atoms with Gasteiger partial charge in [0.15, 0.2) is 0 Å². The Morgan fingerprint density at radius 1 is 1.23 bits per heavy atom. The minimum Gasteiger partial charge on any atom is -0.455 e. The first-order valence-corrected chi connectivity index (χ1v) is 11.5. The van der Waals surface area contributed by atoms with Crippen LogP contribution >= 0.6 is 34.5 Å². The molecule has 0 spiro atoms. The van der Waals surface area contributed by atoms with E-state index in [9.17, 15) is 5.26 Å². The van der Waals surface area contributed by atoms with Crippen molar-refractivity contribution in [2.75, 3.05) is 0 Å². The zero-order valence-corrected chi connectivity index (χ0v) is 19.5. The highest BCUT2D eigenvalue weighted by Crippen LogP contribution is 2.45. The summed E-state index contributed by atoms with van der Waals surface area (Å²) in [5, 5.41) is 11.7. The molecule has 1 aromatic carbocycles. The molecule has 0 amide bonds. The van der Waals surface area contributed by atoms with Crippen molar-refractivity contribution in [1.29, 1.82) is 5.26 Å². The van der Waals surface area contributed by atoms with Crippen LogP contribution in [0.25, 0.3) is 11.3 Å². The minimum absolute atomic E-state index is 0.268. The van der Waals surface area contributed by atoms with Crippen LogP contribution in [0, 0.1) is 22.7 Å². The number of hydrogen-bond donors (Lipinski definition) is 0. The average molecular weight is 457 g/mol. The minimum atomic E-state index is 0.268. The van der Waals surface area contributed by atoms with Gasteiger partial charge in [0.1, 0.15) is 22.6 Å². The first kappa shape index (κ1) is 21.2. The lowest BCUT2D eigenvalue weighted by molar-refractivity contribution is 0.218. The highest BCUT2D eigenvalue weighted by atomic mass is 35.5. The summed E-state index contributed by atoms with van der Waals surface area (Å²) in [6.45, 7) is 6.88. The summed E-state index contributed by atoms with van der Waals surface area (Å²) < 4.78 is 5.89. The van der Waals surface area contributed by atoms with Crippen LogP contribution in [-0.2, 0) is 12.8 Å². The number of hydrogen-bond acceptors (Lipinski definition) is 4. The molecule has 2 heterocycles. The number of benzene rings is 1. The van der Waals surface area contributed by atoms with Crippen molar-refractivity contribution in [2.24, 2.45) is 16.3 Å². The van der Waals surface area contributed by atoms with Gasteiger partial charge in [-0.1, -0.05) is 44.0 Å². The molecule has 0 saturated heterocycles. The van der Waals surface area contributed by atoms with Crippen LogP contribution in [0.2, 0.25) is 10.0 Å². The smallest absolute Gasteiger partial charge is 0.145 e. The highest BCUT2D eigenvalue weighted by Gasteiger charge is 2.32. The molecule has 30 heavy (non-hydrogen) atoms. The fourth-order valence-corrected chi connectivity index (χ4v) is 5.50. The van der Waals surface area contributed by atoms with Gasteiger partial charge < -0.3 is 4.42 Å². The molecule has 0 radical (unpaired) electrons.